The summed E-state index contributed by atoms with van der Waals surface area (Å²) in [6.07, 6.45) is 4.32. The number of hydrogen-bond donors (Lipinski definition) is 1. The third-order valence-corrected chi connectivity index (χ3v) is 2.49. The number of nitrogens with one attached hydrogen (secondary N) is 1. The Kier molecular flexibility index (Phi) is 3.94. The number of amides is 1. The minimum absolute atomic E-state index is 0.180. The molecule has 2 heterocycles. The van der Waals surface area contributed by atoms with E-state index in [1.54, 1.807) is 45.4 Å². The monoisotopic (exact) mass is 294 g/mol. The zero-order chi connectivity index (χ0) is 14.8. The van der Waals surface area contributed by atoms with E-state index in [9.17, 15) is 4.79 Å². The van der Waals surface area contributed by atoms with Gasteiger partial charge in [-0.2, -0.15) is 5.10 Å². The van der Waals surface area contributed by atoms with Crippen molar-refractivity contribution < 1.29 is 9.53 Å². The Labute approximate surface area is 121 Å². The predicted octanol–water partition coefficient (Wildman–Crippen LogP) is 3.27. The SMILES string of the molecule is CC(C)(C)OC(=O)Nc1cn(-c2cccnc2)nc1Cl. The van der Waals surface area contributed by atoms with Crippen molar-refractivity contribution in [3.63, 3.8) is 0 Å². The molecule has 0 spiro atoms. The Bertz CT molecular complexity index is 605. The van der Waals surface area contributed by atoms with Crippen LogP contribution >= 0.6 is 11.6 Å². The number of pyridine rings is 1. The molecule has 1 N–H and O–H groups in total. The van der Waals surface area contributed by atoms with Crippen LogP contribution < -0.4 is 5.32 Å². The Hall–Kier alpha value is -2.08. The topological polar surface area (TPSA) is 69.0 Å². The fourth-order valence-corrected chi connectivity index (χ4v) is 1.65. The Morgan fingerprint density at radius 1 is 1.45 bits per heavy atom. The predicted molar refractivity (Wildman–Crippen MR) is 76.2 cm³/mol. The number of nitrogens with zero attached hydrogens (tertiary/aromatic N) is 3. The van der Waals surface area contributed by atoms with Crippen LogP contribution in [-0.2, 0) is 4.74 Å². The molecule has 0 aromatic carbocycles. The van der Waals surface area contributed by atoms with E-state index in [1.807, 2.05) is 6.07 Å². The van der Waals surface area contributed by atoms with E-state index >= 15 is 0 Å². The van der Waals surface area contributed by atoms with Gasteiger partial charge in [-0.25, -0.2) is 9.48 Å². The number of aromatic nitrogens is 3. The van der Waals surface area contributed by atoms with E-state index in [1.165, 1.54) is 4.68 Å². The van der Waals surface area contributed by atoms with Gasteiger partial charge in [0.2, 0.25) is 0 Å². The second kappa shape index (κ2) is 5.50. The molecule has 2 aromatic heterocycles. The molecule has 0 unspecified atom stereocenters. The van der Waals surface area contributed by atoms with Crippen molar-refractivity contribution in [2.75, 3.05) is 5.32 Å². The van der Waals surface area contributed by atoms with Gasteiger partial charge in [0.15, 0.2) is 5.15 Å². The summed E-state index contributed by atoms with van der Waals surface area (Å²) in [6, 6.07) is 3.61. The molecule has 0 bridgehead atoms. The van der Waals surface area contributed by atoms with Gasteiger partial charge in [0.25, 0.3) is 0 Å². The fraction of sp³-hybridized carbons (Fsp3) is 0.308. The van der Waals surface area contributed by atoms with Gasteiger partial charge < -0.3 is 4.74 Å². The number of hydrogen-bond acceptors (Lipinski definition) is 4. The Morgan fingerprint density at radius 2 is 2.20 bits per heavy atom. The normalized spacial score (nSPS) is 11.2. The number of carbonyl (C=O) groups excluding carboxylic acids is 1. The maximum Gasteiger partial charge on any atom is 0.412 e. The van der Waals surface area contributed by atoms with Crippen LogP contribution in [0.2, 0.25) is 5.15 Å². The first-order valence-electron chi connectivity index (χ1n) is 6.01. The first-order chi connectivity index (χ1) is 9.35. The van der Waals surface area contributed by atoms with Crippen molar-refractivity contribution in [3.05, 3.63) is 35.9 Å². The first-order valence-corrected chi connectivity index (χ1v) is 6.38. The van der Waals surface area contributed by atoms with Crippen LogP contribution in [0.4, 0.5) is 10.5 Å². The van der Waals surface area contributed by atoms with E-state index in [2.05, 4.69) is 15.4 Å². The van der Waals surface area contributed by atoms with Gasteiger partial charge in [-0.1, -0.05) is 11.6 Å². The molecule has 0 saturated heterocycles. The maximum absolute atomic E-state index is 11.7. The lowest BCUT2D eigenvalue weighted by atomic mass is 10.2. The first kappa shape index (κ1) is 14.3. The zero-order valence-electron chi connectivity index (χ0n) is 11.4. The van der Waals surface area contributed by atoms with Crippen molar-refractivity contribution in [1.82, 2.24) is 14.8 Å². The molecular formula is C13H15ClN4O2. The molecule has 0 atom stereocenters. The van der Waals surface area contributed by atoms with E-state index in [0.29, 0.717) is 5.69 Å². The molecule has 0 aliphatic rings. The summed E-state index contributed by atoms with van der Waals surface area (Å²) < 4.78 is 6.68. The quantitative estimate of drug-likeness (QED) is 0.923. The molecule has 7 heteroatoms. The molecule has 1 amide bonds. The van der Waals surface area contributed by atoms with Crippen molar-refractivity contribution in [2.24, 2.45) is 0 Å². The van der Waals surface area contributed by atoms with Crippen LogP contribution in [0, 0.1) is 0 Å². The van der Waals surface area contributed by atoms with Crippen LogP contribution in [0.1, 0.15) is 20.8 Å². The van der Waals surface area contributed by atoms with E-state index in [0.717, 1.165) is 5.69 Å². The van der Waals surface area contributed by atoms with Crippen molar-refractivity contribution in [2.45, 2.75) is 26.4 Å². The average molecular weight is 295 g/mol. The van der Waals surface area contributed by atoms with Gasteiger partial charge in [-0.15, -0.1) is 0 Å². The average Bonchev–Trinajstić information content (AvgIpc) is 2.70. The van der Waals surface area contributed by atoms with Crippen LogP contribution in [0.5, 0.6) is 0 Å². The van der Waals surface area contributed by atoms with E-state index < -0.39 is 11.7 Å². The van der Waals surface area contributed by atoms with Gasteiger partial charge in [0.05, 0.1) is 18.1 Å². The van der Waals surface area contributed by atoms with Gasteiger partial charge >= 0.3 is 6.09 Å². The smallest absolute Gasteiger partial charge is 0.412 e. The highest BCUT2D eigenvalue weighted by molar-refractivity contribution is 6.32. The van der Waals surface area contributed by atoms with Crippen molar-refractivity contribution in [3.8, 4) is 5.69 Å². The molecule has 2 aromatic rings. The summed E-state index contributed by atoms with van der Waals surface area (Å²) in [4.78, 5) is 15.7. The third kappa shape index (κ3) is 3.71. The molecule has 20 heavy (non-hydrogen) atoms. The van der Waals surface area contributed by atoms with Crippen LogP contribution in [0.25, 0.3) is 5.69 Å². The number of anilines is 1. The third-order valence-electron chi connectivity index (χ3n) is 2.22. The van der Waals surface area contributed by atoms with Gasteiger partial charge in [-0.05, 0) is 32.9 Å². The number of carbonyl (C=O) groups is 1. The lowest BCUT2D eigenvalue weighted by Gasteiger charge is -2.19. The highest BCUT2D eigenvalue weighted by atomic mass is 35.5. The minimum atomic E-state index is -0.579. The molecule has 106 valence electrons. The largest absolute Gasteiger partial charge is 0.444 e. The Balaban J connectivity index is 2.15. The van der Waals surface area contributed by atoms with Crippen LogP contribution in [0.15, 0.2) is 30.7 Å². The number of halogens is 1. The Morgan fingerprint density at radius 3 is 2.80 bits per heavy atom. The second-order valence-electron chi connectivity index (χ2n) is 5.12. The lowest BCUT2D eigenvalue weighted by Crippen LogP contribution is -2.27. The minimum Gasteiger partial charge on any atom is -0.444 e. The van der Waals surface area contributed by atoms with Gasteiger partial charge in [0.1, 0.15) is 11.3 Å². The van der Waals surface area contributed by atoms with Gasteiger partial charge in [0, 0.05) is 6.20 Å². The maximum atomic E-state index is 11.7. The highest BCUT2D eigenvalue weighted by Crippen LogP contribution is 2.22. The standard InChI is InChI=1S/C13H15ClN4O2/c1-13(2,3)20-12(19)16-10-8-18(17-11(10)14)9-5-4-6-15-7-9/h4-8H,1-3H3,(H,16,19). The summed E-state index contributed by atoms with van der Waals surface area (Å²) >= 11 is 5.99. The highest BCUT2D eigenvalue weighted by Gasteiger charge is 2.18. The second-order valence-corrected chi connectivity index (χ2v) is 5.47. The van der Waals surface area contributed by atoms with Gasteiger partial charge in [-0.3, -0.25) is 10.3 Å². The molecular weight excluding hydrogens is 280 g/mol. The van der Waals surface area contributed by atoms with Crippen molar-refractivity contribution >= 4 is 23.4 Å². The summed E-state index contributed by atoms with van der Waals surface area (Å²) in [5.41, 5.74) is 0.548. The van der Waals surface area contributed by atoms with Crippen LogP contribution in [0.3, 0.4) is 0 Å². The molecule has 0 aliphatic heterocycles. The lowest BCUT2D eigenvalue weighted by molar-refractivity contribution is 0.0636. The summed E-state index contributed by atoms with van der Waals surface area (Å²) in [7, 11) is 0. The van der Waals surface area contributed by atoms with Crippen LogP contribution in [-0.4, -0.2) is 26.5 Å². The summed E-state index contributed by atoms with van der Waals surface area (Å²) in [5, 5.41) is 6.84. The molecule has 0 radical (unpaired) electrons. The molecule has 0 aliphatic carbocycles. The molecule has 0 fully saturated rings. The molecule has 6 nitrogen and oxygen atoms in total. The number of rotatable bonds is 2. The number of ether oxygens (including phenoxy) is 1. The van der Waals surface area contributed by atoms with E-state index in [4.69, 9.17) is 16.3 Å². The van der Waals surface area contributed by atoms with Crippen molar-refractivity contribution in [1.29, 1.82) is 0 Å². The zero-order valence-corrected chi connectivity index (χ0v) is 12.2. The van der Waals surface area contributed by atoms with E-state index in [-0.39, 0.29) is 5.15 Å². The summed E-state index contributed by atoms with van der Waals surface area (Å²) in [6.45, 7) is 5.35. The fourth-order valence-electron chi connectivity index (χ4n) is 1.47. The summed E-state index contributed by atoms with van der Waals surface area (Å²) in [5.74, 6) is 0. The molecule has 2 rings (SSSR count). The molecule has 0 saturated carbocycles.